The molecule has 0 aliphatic heterocycles. The van der Waals surface area contributed by atoms with Crippen molar-refractivity contribution in [2.24, 2.45) is 4.99 Å². The van der Waals surface area contributed by atoms with E-state index in [0.717, 1.165) is 6.92 Å². The van der Waals surface area contributed by atoms with Crippen molar-refractivity contribution in [3.63, 3.8) is 0 Å². The lowest BCUT2D eigenvalue weighted by molar-refractivity contribution is -0.104. The molecular weight excluding hydrogens is 211 g/mol. The zero-order chi connectivity index (χ0) is 12.1. The normalized spacial score (nSPS) is 14.9. The van der Waals surface area contributed by atoms with Gasteiger partial charge in [0.1, 0.15) is 5.70 Å². The highest BCUT2D eigenvalue weighted by Crippen LogP contribution is 2.30. The zero-order valence-electron chi connectivity index (χ0n) is 9.05. The third kappa shape index (κ3) is 4.01. The Morgan fingerprint density at radius 2 is 1.73 bits per heavy atom. The van der Waals surface area contributed by atoms with Gasteiger partial charge in [0.05, 0.1) is 5.57 Å². The van der Waals surface area contributed by atoms with Crippen LogP contribution in [0.5, 0.6) is 0 Å². The second-order valence-corrected chi connectivity index (χ2v) is 2.70. The van der Waals surface area contributed by atoms with Gasteiger partial charge in [-0.05, 0) is 13.8 Å². The summed E-state index contributed by atoms with van der Waals surface area (Å²) < 4.78 is 46.7. The molecule has 0 aliphatic carbocycles. The minimum absolute atomic E-state index is 0.269. The summed E-state index contributed by atoms with van der Waals surface area (Å²) >= 11 is 0. The molecule has 0 fully saturated rings. The summed E-state index contributed by atoms with van der Waals surface area (Å²) in [5.74, 6) is 0. The molecule has 0 heterocycles. The molecule has 0 aromatic heterocycles. The lowest BCUT2D eigenvalue weighted by Crippen LogP contribution is -2.21. The van der Waals surface area contributed by atoms with Crippen LogP contribution in [0.3, 0.4) is 0 Å². The molecule has 0 amide bonds. The number of methoxy groups -OCH3 is 2. The number of nitrogens with zero attached hydrogens (tertiary/aromatic N) is 1. The zero-order valence-corrected chi connectivity index (χ0v) is 9.05. The van der Waals surface area contributed by atoms with Gasteiger partial charge in [-0.1, -0.05) is 0 Å². The Morgan fingerprint density at radius 1 is 1.27 bits per heavy atom. The van der Waals surface area contributed by atoms with Crippen molar-refractivity contribution in [3.8, 4) is 0 Å². The lowest BCUT2D eigenvalue weighted by Gasteiger charge is -2.18. The highest BCUT2D eigenvalue weighted by atomic mass is 19.4. The number of ether oxygens (including phenoxy) is 2. The van der Waals surface area contributed by atoms with Crippen LogP contribution in [-0.2, 0) is 9.47 Å². The van der Waals surface area contributed by atoms with Crippen molar-refractivity contribution in [2.75, 3.05) is 14.2 Å². The highest BCUT2D eigenvalue weighted by molar-refractivity contribution is 5.55. The Labute approximate surface area is 86.6 Å². The summed E-state index contributed by atoms with van der Waals surface area (Å²) in [6, 6.07) is 0. The van der Waals surface area contributed by atoms with Crippen molar-refractivity contribution < 1.29 is 22.6 Å². The van der Waals surface area contributed by atoms with E-state index in [0.29, 0.717) is 0 Å². The van der Waals surface area contributed by atoms with Crippen LogP contribution < -0.4 is 0 Å². The molecule has 0 atom stereocenters. The summed E-state index contributed by atoms with van der Waals surface area (Å²) in [4.78, 5) is 3.62. The van der Waals surface area contributed by atoms with E-state index in [4.69, 9.17) is 9.47 Å². The number of alkyl halides is 3. The third-order valence-electron chi connectivity index (χ3n) is 1.73. The average Bonchev–Trinajstić information content (AvgIpc) is 2.16. The molecule has 0 aromatic carbocycles. The van der Waals surface area contributed by atoms with Gasteiger partial charge in [0.2, 0.25) is 6.29 Å². The Hall–Kier alpha value is -0.880. The fourth-order valence-electron chi connectivity index (χ4n) is 0.938. The predicted molar refractivity (Wildman–Crippen MR) is 50.7 cm³/mol. The van der Waals surface area contributed by atoms with Gasteiger partial charge in [-0.3, -0.25) is 4.99 Å². The Balaban J connectivity index is 5.27. The standard InChI is InChI=1S/C9H14F3NO2/c1-5-13-7(8(14-3)15-4)6(2)9(10,11)12/h5,8H,1-4H3/b7-6+,13-5?. The number of aliphatic imine (C=N–C) groups is 1. The predicted octanol–water partition coefficient (Wildman–Crippen LogP) is 2.53. The molecule has 0 saturated heterocycles. The lowest BCUT2D eigenvalue weighted by atomic mass is 10.2. The van der Waals surface area contributed by atoms with Crippen LogP contribution in [0.4, 0.5) is 13.2 Å². The molecule has 0 rings (SSSR count). The molecule has 0 saturated carbocycles. The summed E-state index contributed by atoms with van der Waals surface area (Å²) in [5, 5.41) is 0. The molecule has 0 spiro atoms. The van der Waals surface area contributed by atoms with Gasteiger partial charge in [0.25, 0.3) is 0 Å². The Bertz CT molecular complexity index is 255. The summed E-state index contributed by atoms with van der Waals surface area (Å²) in [6.45, 7) is 2.46. The maximum absolute atomic E-state index is 12.4. The van der Waals surface area contributed by atoms with E-state index in [1.807, 2.05) is 0 Å². The van der Waals surface area contributed by atoms with E-state index >= 15 is 0 Å². The molecule has 0 aromatic rings. The van der Waals surface area contributed by atoms with E-state index in [1.165, 1.54) is 27.4 Å². The molecule has 0 N–H and O–H groups in total. The van der Waals surface area contributed by atoms with Crippen LogP contribution in [0, 0.1) is 0 Å². The first kappa shape index (κ1) is 14.1. The van der Waals surface area contributed by atoms with E-state index in [1.54, 1.807) is 0 Å². The van der Waals surface area contributed by atoms with Crippen molar-refractivity contribution in [1.29, 1.82) is 0 Å². The fraction of sp³-hybridized carbons (Fsp3) is 0.667. The molecular formula is C9H14F3NO2. The van der Waals surface area contributed by atoms with Crippen molar-refractivity contribution >= 4 is 6.21 Å². The summed E-state index contributed by atoms with van der Waals surface area (Å²) in [7, 11) is 2.51. The van der Waals surface area contributed by atoms with Crippen molar-refractivity contribution in [3.05, 3.63) is 11.3 Å². The first-order chi connectivity index (χ1) is 6.88. The number of allylic oxidation sites excluding steroid dienone is 1. The molecule has 3 nitrogen and oxygen atoms in total. The molecule has 0 aliphatic rings. The van der Waals surface area contributed by atoms with Gasteiger partial charge in [-0.25, -0.2) is 0 Å². The van der Waals surface area contributed by atoms with Gasteiger partial charge in [-0.15, -0.1) is 0 Å². The first-order valence-corrected chi connectivity index (χ1v) is 4.20. The van der Waals surface area contributed by atoms with E-state index in [9.17, 15) is 13.2 Å². The average molecular weight is 225 g/mol. The number of rotatable bonds is 4. The second-order valence-electron chi connectivity index (χ2n) is 2.70. The minimum atomic E-state index is -4.43. The minimum Gasteiger partial charge on any atom is -0.350 e. The number of hydrogen-bond donors (Lipinski definition) is 0. The largest absolute Gasteiger partial charge is 0.414 e. The van der Waals surface area contributed by atoms with Crippen LogP contribution in [0.1, 0.15) is 13.8 Å². The van der Waals surface area contributed by atoms with Gasteiger partial charge in [0.15, 0.2) is 0 Å². The number of hydrogen-bond acceptors (Lipinski definition) is 3. The second kappa shape index (κ2) is 5.87. The quantitative estimate of drug-likeness (QED) is 0.543. The van der Waals surface area contributed by atoms with E-state index in [-0.39, 0.29) is 5.70 Å². The van der Waals surface area contributed by atoms with Gasteiger partial charge in [0, 0.05) is 20.4 Å². The molecule has 0 bridgehead atoms. The van der Waals surface area contributed by atoms with Gasteiger partial charge >= 0.3 is 6.18 Å². The SMILES string of the molecule is CC=N/C(=C(\C)C(F)(F)F)C(OC)OC. The number of halogens is 3. The molecule has 88 valence electrons. The van der Waals surface area contributed by atoms with Crippen LogP contribution in [0.25, 0.3) is 0 Å². The Kier molecular flexibility index (Phi) is 5.53. The van der Waals surface area contributed by atoms with E-state index < -0.39 is 18.0 Å². The van der Waals surface area contributed by atoms with Crippen LogP contribution in [0.15, 0.2) is 16.3 Å². The van der Waals surface area contributed by atoms with Crippen molar-refractivity contribution in [2.45, 2.75) is 26.3 Å². The fourth-order valence-corrected chi connectivity index (χ4v) is 0.938. The summed E-state index contributed by atoms with van der Waals surface area (Å²) in [5.41, 5.74) is -1.09. The molecule has 0 unspecified atom stereocenters. The topological polar surface area (TPSA) is 30.8 Å². The van der Waals surface area contributed by atoms with Crippen LogP contribution >= 0.6 is 0 Å². The molecule has 15 heavy (non-hydrogen) atoms. The van der Waals surface area contributed by atoms with Crippen LogP contribution in [-0.4, -0.2) is 32.9 Å². The van der Waals surface area contributed by atoms with Gasteiger partial charge < -0.3 is 9.47 Å². The molecule has 6 heteroatoms. The smallest absolute Gasteiger partial charge is 0.350 e. The first-order valence-electron chi connectivity index (χ1n) is 4.20. The van der Waals surface area contributed by atoms with Crippen molar-refractivity contribution in [1.82, 2.24) is 0 Å². The highest BCUT2D eigenvalue weighted by Gasteiger charge is 2.35. The third-order valence-corrected chi connectivity index (χ3v) is 1.73. The Morgan fingerprint density at radius 3 is 2.00 bits per heavy atom. The maximum Gasteiger partial charge on any atom is 0.414 e. The maximum atomic E-state index is 12.4. The monoisotopic (exact) mass is 225 g/mol. The van der Waals surface area contributed by atoms with Gasteiger partial charge in [-0.2, -0.15) is 13.2 Å². The van der Waals surface area contributed by atoms with E-state index in [2.05, 4.69) is 4.99 Å². The molecule has 0 radical (unpaired) electrons. The summed E-state index contributed by atoms with van der Waals surface area (Å²) in [6.07, 6.45) is -4.28. The van der Waals surface area contributed by atoms with Crippen LogP contribution in [0.2, 0.25) is 0 Å².